The van der Waals surface area contributed by atoms with Crippen LogP contribution in [0.4, 0.5) is 5.69 Å². The van der Waals surface area contributed by atoms with E-state index in [1.165, 1.54) is 0 Å². The molecule has 0 radical (unpaired) electrons. The minimum atomic E-state index is -3.84. The lowest BCUT2D eigenvalue weighted by molar-refractivity contribution is 0.0863. The average Bonchev–Trinajstić information content (AvgIpc) is 2.29. The van der Waals surface area contributed by atoms with E-state index in [9.17, 15) is 13.2 Å². The molecule has 92 valence electrons. The average molecular weight is 275 g/mol. The number of carbonyl (C=O) groups is 1. The van der Waals surface area contributed by atoms with Gasteiger partial charge in [-0.05, 0) is 19.1 Å². The molecule has 5 nitrogen and oxygen atoms in total. The smallest absolute Gasteiger partial charge is 0.268 e. The summed E-state index contributed by atoms with van der Waals surface area (Å²) in [4.78, 5) is 12.0. The summed E-state index contributed by atoms with van der Waals surface area (Å²) in [6.07, 6.45) is 0. The lowest BCUT2D eigenvalue weighted by atomic mass is 10.1. The second-order valence-electron chi connectivity index (χ2n) is 3.46. The monoisotopic (exact) mass is 274 g/mol. The van der Waals surface area contributed by atoms with Gasteiger partial charge in [-0.3, -0.25) is 4.79 Å². The summed E-state index contributed by atoms with van der Waals surface area (Å²) < 4.78 is 26.0. The summed E-state index contributed by atoms with van der Waals surface area (Å²) >= 11 is 5.67. The standard InChI is InChI=1S/C10H11ClN2O3S/c1-2-12-10(14)8-5-3-4-6-9(8)13(7-11)17(12,15)16/h3-6H,2,7H2,1H3. The number of alkyl halides is 1. The first-order chi connectivity index (χ1) is 8.04. The van der Waals surface area contributed by atoms with Crippen molar-refractivity contribution in [1.29, 1.82) is 0 Å². The first-order valence-electron chi connectivity index (χ1n) is 5.03. The van der Waals surface area contributed by atoms with Crippen molar-refractivity contribution in [3.63, 3.8) is 0 Å². The van der Waals surface area contributed by atoms with Crippen LogP contribution in [0.1, 0.15) is 17.3 Å². The molecule has 0 fully saturated rings. The maximum absolute atomic E-state index is 12.1. The Morgan fingerprint density at radius 3 is 2.47 bits per heavy atom. The Balaban J connectivity index is 2.70. The van der Waals surface area contributed by atoms with Crippen molar-refractivity contribution in [2.24, 2.45) is 0 Å². The topological polar surface area (TPSA) is 57.7 Å². The maximum atomic E-state index is 12.1. The zero-order valence-corrected chi connectivity index (χ0v) is 10.7. The van der Waals surface area contributed by atoms with Crippen LogP contribution in [-0.2, 0) is 10.2 Å². The van der Waals surface area contributed by atoms with Crippen LogP contribution in [0.3, 0.4) is 0 Å². The van der Waals surface area contributed by atoms with Gasteiger partial charge in [0.2, 0.25) is 0 Å². The molecule has 0 spiro atoms. The van der Waals surface area contributed by atoms with Gasteiger partial charge in [-0.25, -0.2) is 8.61 Å². The Bertz CT molecular complexity index is 558. The van der Waals surface area contributed by atoms with Crippen LogP contribution in [-0.4, -0.2) is 31.2 Å². The molecule has 0 aliphatic carbocycles. The number of nitrogens with zero attached hydrogens (tertiary/aromatic N) is 2. The summed E-state index contributed by atoms with van der Waals surface area (Å²) in [5.74, 6) is -0.510. The fourth-order valence-corrected chi connectivity index (χ4v) is 3.69. The van der Waals surface area contributed by atoms with Crippen molar-refractivity contribution in [2.45, 2.75) is 6.92 Å². The van der Waals surface area contributed by atoms with E-state index in [1.807, 2.05) is 0 Å². The fraction of sp³-hybridized carbons (Fsp3) is 0.300. The number of fused-ring (bicyclic) bond motifs is 1. The molecule has 0 saturated carbocycles. The number of halogens is 1. The molecule has 0 aromatic heterocycles. The Morgan fingerprint density at radius 1 is 1.24 bits per heavy atom. The van der Waals surface area contributed by atoms with E-state index in [4.69, 9.17) is 11.6 Å². The lowest BCUT2D eigenvalue weighted by Gasteiger charge is -2.35. The maximum Gasteiger partial charge on any atom is 0.330 e. The van der Waals surface area contributed by atoms with Crippen molar-refractivity contribution < 1.29 is 13.2 Å². The van der Waals surface area contributed by atoms with Crippen molar-refractivity contribution in [2.75, 3.05) is 16.9 Å². The van der Waals surface area contributed by atoms with E-state index < -0.39 is 16.1 Å². The van der Waals surface area contributed by atoms with Gasteiger partial charge in [0.25, 0.3) is 5.91 Å². The minimum Gasteiger partial charge on any atom is -0.268 e. The van der Waals surface area contributed by atoms with E-state index in [-0.39, 0.29) is 12.5 Å². The molecule has 1 aromatic rings. The number of rotatable bonds is 2. The number of amides is 1. The van der Waals surface area contributed by atoms with Gasteiger partial charge in [0.15, 0.2) is 0 Å². The highest BCUT2D eigenvalue weighted by Crippen LogP contribution is 2.31. The van der Waals surface area contributed by atoms with Gasteiger partial charge in [0, 0.05) is 6.54 Å². The van der Waals surface area contributed by atoms with Crippen molar-refractivity contribution in [3.8, 4) is 0 Å². The van der Waals surface area contributed by atoms with Gasteiger partial charge >= 0.3 is 10.2 Å². The van der Waals surface area contributed by atoms with Crippen LogP contribution in [0.15, 0.2) is 24.3 Å². The molecule has 0 atom stereocenters. The molecule has 0 bridgehead atoms. The largest absolute Gasteiger partial charge is 0.330 e. The highest BCUT2D eigenvalue weighted by atomic mass is 35.5. The first-order valence-corrected chi connectivity index (χ1v) is 6.97. The summed E-state index contributed by atoms with van der Waals surface area (Å²) in [5, 5.41) is 0. The summed E-state index contributed by atoms with van der Waals surface area (Å²) in [7, 11) is -3.84. The number of hydrogen-bond donors (Lipinski definition) is 0. The van der Waals surface area contributed by atoms with E-state index in [0.29, 0.717) is 11.3 Å². The molecule has 17 heavy (non-hydrogen) atoms. The van der Waals surface area contributed by atoms with E-state index in [2.05, 4.69) is 0 Å². The number of para-hydroxylation sites is 1. The second kappa shape index (κ2) is 4.19. The number of anilines is 1. The van der Waals surface area contributed by atoms with E-state index in [1.54, 1.807) is 31.2 Å². The Morgan fingerprint density at radius 2 is 1.88 bits per heavy atom. The molecule has 1 aliphatic rings. The normalized spacial score (nSPS) is 18.1. The van der Waals surface area contributed by atoms with Gasteiger partial charge in [0.1, 0.15) is 6.00 Å². The third kappa shape index (κ3) is 1.68. The molecule has 1 amide bonds. The van der Waals surface area contributed by atoms with Crippen molar-refractivity contribution in [3.05, 3.63) is 29.8 Å². The van der Waals surface area contributed by atoms with Crippen molar-refractivity contribution >= 4 is 33.4 Å². The fourth-order valence-electron chi connectivity index (χ4n) is 1.79. The van der Waals surface area contributed by atoms with Crippen LogP contribution >= 0.6 is 11.6 Å². The lowest BCUT2D eigenvalue weighted by Crippen LogP contribution is -2.50. The van der Waals surface area contributed by atoms with Crippen LogP contribution in [0, 0.1) is 0 Å². The van der Waals surface area contributed by atoms with Crippen LogP contribution in [0.2, 0.25) is 0 Å². The zero-order chi connectivity index (χ0) is 12.6. The van der Waals surface area contributed by atoms with Gasteiger partial charge in [0.05, 0.1) is 11.3 Å². The molecule has 2 rings (SSSR count). The molecule has 0 unspecified atom stereocenters. The molecular formula is C10H11ClN2O3S. The van der Waals surface area contributed by atoms with Crippen LogP contribution in [0.5, 0.6) is 0 Å². The molecule has 0 N–H and O–H groups in total. The van der Waals surface area contributed by atoms with Gasteiger partial charge in [-0.1, -0.05) is 12.1 Å². The molecule has 7 heteroatoms. The summed E-state index contributed by atoms with van der Waals surface area (Å²) in [6, 6.07) is 6.30. The highest BCUT2D eigenvalue weighted by molar-refractivity contribution is 7.91. The first kappa shape index (κ1) is 12.2. The Kier molecular flexibility index (Phi) is 3.01. The van der Waals surface area contributed by atoms with E-state index in [0.717, 1.165) is 8.61 Å². The number of carbonyl (C=O) groups excluding carboxylic acids is 1. The molecule has 1 aromatic carbocycles. The predicted octanol–water partition coefficient (Wildman–Crippen LogP) is 1.41. The van der Waals surface area contributed by atoms with Gasteiger partial charge in [-0.15, -0.1) is 11.6 Å². The van der Waals surface area contributed by atoms with Crippen molar-refractivity contribution in [1.82, 2.24) is 4.31 Å². The van der Waals surface area contributed by atoms with Crippen LogP contribution in [0.25, 0.3) is 0 Å². The summed E-state index contributed by atoms with van der Waals surface area (Å²) in [6.45, 7) is 1.69. The molecular weight excluding hydrogens is 264 g/mol. The SMILES string of the molecule is CCN1C(=O)c2ccccc2N(CCl)S1(=O)=O. The molecule has 1 heterocycles. The minimum absolute atomic E-state index is 0.0862. The Labute approximate surface area is 105 Å². The second-order valence-corrected chi connectivity index (χ2v) is 5.48. The zero-order valence-electron chi connectivity index (χ0n) is 9.13. The highest BCUT2D eigenvalue weighted by Gasteiger charge is 2.40. The Hall–Kier alpha value is -1.27. The number of hydrogen-bond acceptors (Lipinski definition) is 3. The molecule has 0 saturated heterocycles. The summed E-state index contributed by atoms with van der Waals surface area (Å²) in [5.41, 5.74) is 0.682. The van der Waals surface area contributed by atoms with Gasteiger partial charge < -0.3 is 0 Å². The van der Waals surface area contributed by atoms with Gasteiger partial charge in [-0.2, -0.15) is 8.42 Å². The predicted molar refractivity (Wildman–Crippen MR) is 65.3 cm³/mol. The quantitative estimate of drug-likeness (QED) is 0.605. The molecule has 1 aliphatic heterocycles. The van der Waals surface area contributed by atoms with Crippen LogP contribution < -0.4 is 4.31 Å². The third-order valence-corrected chi connectivity index (χ3v) is 4.83. The third-order valence-electron chi connectivity index (χ3n) is 2.58. The number of benzene rings is 1. The van der Waals surface area contributed by atoms with E-state index >= 15 is 0 Å².